The average Bonchev–Trinajstić information content (AvgIpc) is 3.36. The van der Waals surface area contributed by atoms with Crippen molar-refractivity contribution in [3.05, 3.63) is 46.4 Å². The van der Waals surface area contributed by atoms with Gasteiger partial charge in [-0.05, 0) is 32.0 Å². The number of likely N-dealkylation sites (N-methyl/N-ethyl adjacent to an activating group) is 1. The van der Waals surface area contributed by atoms with Crippen LogP contribution in [0.2, 0.25) is 0 Å². The summed E-state index contributed by atoms with van der Waals surface area (Å²) < 4.78 is 3.47. The first-order valence-electron chi connectivity index (χ1n) is 9.27. The quantitative estimate of drug-likeness (QED) is 0.647. The van der Waals surface area contributed by atoms with Gasteiger partial charge < -0.3 is 9.47 Å². The molecule has 0 unspecified atom stereocenters. The van der Waals surface area contributed by atoms with Crippen molar-refractivity contribution in [1.29, 1.82) is 0 Å². The maximum atomic E-state index is 11.5. The van der Waals surface area contributed by atoms with Gasteiger partial charge in [0.15, 0.2) is 11.5 Å². The predicted molar refractivity (Wildman–Crippen MR) is 99.7 cm³/mol. The summed E-state index contributed by atoms with van der Waals surface area (Å²) >= 11 is 0. The topological polar surface area (TPSA) is 84.5 Å². The lowest BCUT2D eigenvalue weighted by Gasteiger charge is -2.44. The fourth-order valence-corrected chi connectivity index (χ4v) is 3.50. The molecule has 1 aliphatic heterocycles. The Labute approximate surface area is 156 Å². The second-order valence-corrected chi connectivity index (χ2v) is 7.60. The van der Waals surface area contributed by atoms with Gasteiger partial charge in [0.1, 0.15) is 5.82 Å². The zero-order valence-electron chi connectivity index (χ0n) is 15.5. The fourth-order valence-electron chi connectivity index (χ4n) is 3.50. The third-order valence-electron chi connectivity index (χ3n) is 5.47. The third kappa shape index (κ3) is 2.97. The number of anilines is 1. The molecule has 0 amide bonds. The number of aryl methyl sites for hydroxylation is 1. The smallest absolute Gasteiger partial charge is 0.268 e. The first-order valence-corrected chi connectivity index (χ1v) is 9.27. The van der Waals surface area contributed by atoms with Gasteiger partial charge in [0.25, 0.3) is 5.56 Å². The van der Waals surface area contributed by atoms with E-state index in [1.165, 1.54) is 19.0 Å². The highest BCUT2D eigenvalue weighted by Gasteiger charge is 2.33. The minimum absolute atomic E-state index is 0.0859. The van der Waals surface area contributed by atoms with Crippen molar-refractivity contribution in [2.24, 2.45) is 7.05 Å². The van der Waals surface area contributed by atoms with Crippen molar-refractivity contribution in [2.45, 2.75) is 31.3 Å². The molecule has 27 heavy (non-hydrogen) atoms. The largest absolute Gasteiger partial charge is 0.352 e. The first kappa shape index (κ1) is 16.4. The summed E-state index contributed by atoms with van der Waals surface area (Å²) in [5.41, 5.74) is 1.63. The SMILES string of the molecule is CN(Cc1cn(C)c(=O)cn1)C1CN(c2ccc3nnc(C4CC4)n3n2)C1. The lowest BCUT2D eigenvalue weighted by atomic mass is 10.1. The molecule has 0 aromatic carbocycles. The Hall–Kier alpha value is -2.81. The molecule has 0 spiro atoms. The Bertz CT molecular complexity index is 1050. The molecule has 1 aliphatic carbocycles. The lowest BCUT2D eigenvalue weighted by molar-refractivity contribution is 0.194. The molecule has 4 heterocycles. The van der Waals surface area contributed by atoms with Crippen LogP contribution >= 0.6 is 0 Å². The van der Waals surface area contributed by atoms with E-state index >= 15 is 0 Å². The molecule has 1 saturated carbocycles. The summed E-state index contributed by atoms with van der Waals surface area (Å²) in [5, 5.41) is 13.3. The summed E-state index contributed by atoms with van der Waals surface area (Å²) in [6.07, 6.45) is 5.55. The van der Waals surface area contributed by atoms with E-state index in [9.17, 15) is 4.79 Å². The summed E-state index contributed by atoms with van der Waals surface area (Å²) in [6.45, 7) is 2.56. The molecular weight excluding hydrogens is 344 g/mol. The van der Waals surface area contributed by atoms with E-state index in [1.54, 1.807) is 17.8 Å². The number of nitrogens with zero attached hydrogens (tertiary/aromatic N) is 8. The Morgan fingerprint density at radius 2 is 2.04 bits per heavy atom. The maximum Gasteiger partial charge on any atom is 0.268 e. The van der Waals surface area contributed by atoms with E-state index in [4.69, 9.17) is 5.10 Å². The van der Waals surface area contributed by atoms with Crippen LogP contribution in [0.3, 0.4) is 0 Å². The monoisotopic (exact) mass is 366 g/mol. The Morgan fingerprint density at radius 3 is 2.78 bits per heavy atom. The van der Waals surface area contributed by atoms with Crippen molar-refractivity contribution in [2.75, 3.05) is 25.0 Å². The van der Waals surface area contributed by atoms with E-state index in [1.807, 2.05) is 16.6 Å². The van der Waals surface area contributed by atoms with Gasteiger partial charge in [0.2, 0.25) is 0 Å². The molecule has 1 saturated heterocycles. The Kier molecular flexibility index (Phi) is 3.71. The summed E-state index contributed by atoms with van der Waals surface area (Å²) in [7, 11) is 3.84. The maximum absolute atomic E-state index is 11.5. The van der Waals surface area contributed by atoms with Gasteiger partial charge >= 0.3 is 0 Å². The van der Waals surface area contributed by atoms with Gasteiger partial charge in [0, 0.05) is 44.8 Å². The van der Waals surface area contributed by atoms with E-state index in [2.05, 4.69) is 32.0 Å². The highest BCUT2D eigenvalue weighted by atomic mass is 16.1. The molecule has 0 N–H and O–H groups in total. The van der Waals surface area contributed by atoms with Crippen molar-refractivity contribution in [1.82, 2.24) is 34.3 Å². The minimum atomic E-state index is -0.0859. The highest BCUT2D eigenvalue weighted by molar-refractivity contribution is 5.48. The molecule has 140 valence electrons. The van der Waals surface area contributed by atoms with Crippen LogP contribution in [0.15, 0.2) is 29.3 Å². The van der Waals surface area contributed by atoms with Crippen LogP contribution in [0, 0.1) is 0 Å². The molecule has 0 radical (unpaired) electrons. The van der Waals surface area contributed by atoms with E-state index in [0.29, 0.717) is 12.0 Å². The first-order chi connectivity index (χ1) is 13.1. The van der Waals surface area contributed by atoms with Crippen LogP contribution in [0.1, 0.15) is 30.3 Å². The van der Waals surface area contributed by atoms with Crippen molar-refractivity contribution in [3.8, 4) is 0 Å². The Morgan fingerprint density at radius 1 is 1.22 bits per heavy atom. The summed E-state index contributed by atoms with van der Waals surface area (Å²) in [5.74, 6) is 2.48. The van der Waals surface area contributed by atoms with Gasteiger partial charge in [-0.2, -0.15) is 4.52 Å². The van der Waals surface area contributed by atoms with Crippen LogP contribution < -0.4 is 10.5 Å². The second kappa shape index (κ2) is 6.12. The zero-order chi connectivity index (χ0) is 18.5. The summed E-state index contributed by atoms with van der Waals surface area (Å²) in [4.78, 5) is 20.2. The molecule has 2 aliphatic rings. The van der Waals surface area contributed by atoms with E-state index in [-0.39, 0.29) is 5.56 Å². The van der Waals surface area contributed by atoms with Crippen LogP contribution in [0.25, 0.3) is 5.65 Å². The van der Waals surface area contributed by atoms with Crippen molar-refractivity contribution >= 4 is 11.5 Å². The number of hydrogen-bond acceptors (Lipinski definition) is 7. The van der Waals surface area contributed by atoms with Crippen LogP contribution in [0.4, 0.5) is 5.82 Å². The predicted octanol–water partition coefficient (Wildman–Crippen LogP) is 0.416. The van der Waals surface area contributed by atoms with Crippen molar-refractivity contribution < 1.29 is 0 Å². The number of aromatic nitrogens is 6. The molecular formula is C18H22N8O. The molecule has 5 rings (SSSR count). The molecule has 3 aromatic heterocycles. The van der Waals surface area contributed by atoms with Gasteiger partial charge in [-0.15, -0.1) is 15.3 Å². The molecule has 9 heteroatoms. The van der Waals surface area contributed by atoms with Gasteiger partial charge in [-0.1, -0.05) is 0 Å². The zero-order valence-corrected chi connectivity index (χ0v) is 15.5. The standard InChI is InChI=1S/C18H22N8O/c1-23(8-13-9-24(2)17(27)7-19-13)14-10-25(11-14)16-6-5-15-20-21-18(12-3-4-12)26(15)22-16/h5-7,9,12,14H,3-4,8,10-11H2,1-2H3. The molecule has 3 aromatic rings. The second-order valence-electron chi connectivity index (χ2n) is 7.60. The van der Waals surface area contributed by atoms with E-state index < -0.39 is 0 Å². The number of hydrogen-bond donors (Lipinski definition) is 0. The normalized spacial score (nSPS) is 17.7. The molecule has 0 bridgehead atoms. The molecule has 2 fully saturated rings. The highest BCUT2D eigenvalue weighted by Crippen LogP contribution is 2.38. The summed E-state index contributed by atoms with van der Waals surface area (Å²) in [6, 6.07) is 4.45. The van der Waals surface area contributed by atoms with Crippen LogP contribution in [0.5, 0.6) is 0 Å². The minimum Gasteiger partial charge on any atom is -0.352 e. The number of fused-ring (bicyclic) bond motifs is 1. The van der Waals surface area contributed by atoms with Gasteiger partial charge in [-0.25, -0.2) is 0 Å². The van der Waals surface area contributed by atoms with Crippen LogP contribution in [-0.4, -0.2) is 60.4 Å². The van der Waals surface area contributed by atoms with Gasteiger partial charge in [-0.3, -0.25) is 14.7 Å². The molecule has 9 nitrogen and oxygen atoms in total. The molecule has 0 atom stereocenters. The van der Waals surface area contributed by atoms with Crippen LogP contribution in [-0.2, 0) is 13.6 Å². The van der Waals surface area contributed by atoms with E-state index in [0.717, 1.165) is 42.6 Å². The number of rotatable bonds is 5. The lowest BCUT2D eigenvalue weighted by Crippen LogP contribution is -2.58. The average molecular weight is 366 g/mol. The fraction of sp³-hybridized carbons (Fsp3) is 0.500. The Balaban J connectivity index is 1.26. The van der Waals surface area contributed by atoms with Crippen molar-refractivity contribution in [3.63, 3.8) is 0 Å². The van der Waals surface area contributed by atoms with Gasteiger partial charge in [0.05, 0.1) is 11.9 Å². The third-order valence-corrected chi connectivity index (χ3v) is 5.47.